The molecule has 0 aliphatic heterocycles. The number of hydrogen-bond donors (Lipinski definition) is 2. The van der Waals surface area contributed by atoms with Crippen LogP contribution in [0, 0.1) is 0 Å². The lowest BCUT2D eigenvalue weighted by Crippen LogP contribution is -2.37. The Morgan fingerprint density at radius 1 is 1.04 bits per heavy atom. The SMILES string of the molecule is COc1cc(C(=O)NCC(=O)NCCc2ccccc2)ccc1OC(F)F. The van der Waals surface area contributed by atoms with Crippen molar-refractivity contribution in [1.29, 1.82) is 0 Å². The van der Waals surface area contributed by atoms with E-state index in [0.717, 1.165) is 5.56 Å². The molecule has 2 aromatic rings. The minimum atomic E-state index is -3.00. The molecule has 0 heterocycles. The average Bonchev–Trinajstić information content (AvgIpc) is 2.66. The molecule has 2 rings (SSSR count). The molecule has 0 spiro atoms. The van der Waals surface area contributed by atoms with Gasteiger partial charge in [-0.15, -0.1) is 0 Å². The Morgan fingerprint density at radius 3 is 2.44 bits per heavy atom. The Bertz CT molecular complexity index is 770. The molecule has 8 heteroatoms. The van der Waals surface area contributed by atoms with E-state index in [-0.39, 0.29) is 29.5 Å². The number of hydrogen-bond acceptors (Lipinski definition) is 4. The summed E-state index contributed by atoms with van der Waals surface area (Å²) in [5.74, 6) is -1.04. The van der Waals surface area contributed by atoms with Crippen molar-refractivity contribution in [2.75, 3.05) is 20.2 Å². The first-order valence-electron chi connectivity index (χ1n) is 8.21. The van der Waals surface area contributed by atoms with Crippen LogP contribution in [0.4, 0.5) is 8.78 Å². The van der Waals surface area contributed by atoms with Crippen LogP contribution >= 0.6 is 0 Å². The van der Waals surface area contributed by atoms with Gasteiger partial charge in [0.05, 0.1) is 13.7 Å². The lowest BCUT2D eigenvalue weighted by molar-refractivity contribution is -0.120. The van der Waals surface area contributed by atoms with Gasteiger partial charge < -0.3 is 20.1 Å². The van der Waals surface area contributed by atoms with Crippen molar-refractivity contribution in [3.05, 3.63) is 59.7 Å². The van der Waals surface area contributed by atoms with Crippen molar-refractivity contribution in [3.8, 4) is 11.5 Å². The fourth-order valence-electron chi connectivity index (χ4n) is 2.32. The Labute approximate surface area is 155 Å². The van der Waals surface area contributed by atoms with Gasteiger partial charge in [0, 0.05) is 12.1 Å². The maximum absolute atomic E-state index is 12.3. The second-order valence-electron chi connectivity index (χ2n) is 5.51. The largest absolute Gasteiger partial charge is 0.493 e. The lowest BCUT2D eigenvalue weighted by atomic mass is 10.1. The highest BCUT2D eigenvalue weighted by molar-refractivity contribution is 5.97. The van der Waals surface area contributed by atoms with Crippen LogP contribution in [0.5, 0.6) is 11.5 Å². The van der Waals surface area contributed by atoms with E-state index in [1.54, 1.807) is 0 Å². The van der Waals surface area contributed by atoms with Crippen molar-refractivity contribution < 1.29 is 27.8 Å². The first-order chi connectivity index (χ1) is 13.0. The molecular weight excluding hydrogens is 358 g/mol. The molecule has 0 radical (unpaired) electrons. The van der Waals surface area contributed by atoms with Gasteiger partial charge >= 0.3 is 6.61 Å². The molecule has 27 heavy (non-hydrogen) atoms. The number of alkyl halides is 2. The van der Waals surface area contributed by atoms with Crippen LogP contribution < -0.4 is 20.1 Å². The Hall–Kier alpha value is -3.16. The van der Waals surface area contributed by atoms with Gasteiger partial charge in [-0.2, -0.15) is 8.78 Å². The summed E-state index contributed by atoms with van der Waals surface area (Å²) in [6.07, 6.45) is 0.684. The minimum absolute atomic E-state index is 0.00439. The molecule has 0 aliphatic carbocycles. The van der Waals surface area contributed by atoms with E-state index in [2.05, 4.69) is 15.4 Å². The normalized spacial score (nSPS) is 10.4. The summed E-state index contributed by atoms with van der Waals surface area (Å²) in [5, 5.41) is 5.17. The number of amides is 2. The van der Waals surface area contributed by atoms with E-state index in [9.17, 15) is 18.4 Å². The highest BCUT2D eigenvalue weighted by Crippen LogP contribution is 2.29. The van der Waals surface area contributed by atoms with Gasteiger partial charge in [0.15, 0.2) is 11.5 Å². The van der Waals surface area contributed by atoms with E-state index in [0.29, 0.717) is 13.0 Å². The number of carbonyl (C=O) groups is 2. The van der Waals surface area contributed by atoms with Crippen molar-refractivity contribution in [2.24, 2.45) is 0 Å². The Balaban J connectivity index is 1.81. The quantitative estimate of drug-likeness (QED) is 0.703. The zero-order valence-electron chi connectivity index (χ0n) is 14.7. The van der Waals surface area contributed by atoms with Crippen LogP contribution in [-0.2, 0) is 11.2 Å². The average molecular weight is 378 g/mol. The maximum atomic E-state index is 12.3. The summed E-state index contributed by atoms with van der Waals surface area (Å²) in [6.45, 7) is -2.75. The van der Waals surface area contributed by atoms with Gasteiger partial charge in [-0.3, -0.25) is 9.59 Å². The molecule has 6 nitrogen and oxygen atoms in total. The number of benzene rings is 2. The number of nitrogens with one attached hydrogen (secondary N) is 2. The molecule has 0 fully saturated rings. The van der Waals surface area contributed by atoms with Crippen molar-refractivity contribution >= 4 is 11.8 Å². The molecule has 2 N–H and O–H groups in total. The van der Waals surface area contributed by atoms with E-state index in [4.69, 9.17) is 4.74 Å². The number of halogens is 2. The maximum Gasteiger partial charge on any atom is 0.387 e. The predicted molar refractivity (Wildman–Crippen MR) is 95.1 cm³/mol. The van der Waals surface area contributed by atoms with Gasteiger partial charge in [0.2, 0.25) is 5.91 Å². The number of carbonyl (C=O) groups excluding carboxylic acids is 2. The Kier molecular flexibility index (Phi) is 7.54. The smallest absolute Gasteiger partial charge is 0.387 e. The van der Waals surface area contributed by atoms with Gasteiger partial charge in [0.1, 0.15) is 0 Å². The van der Waals surface area contributed by atoms with Crippen LogP contribution in [0.3, 0.4) is 0 Å². The summed E-state index contributed by atoms with van der Waals surface area (Å²) in [4.78, 5) is 23.9. The fourth-order valence-corrected chi connectivity index (χ4v) is 2.32. The van der Waals surface area contributed by atoms with E-state index in [1.165, 1.54) is 25.3 Å². The van der Waals surface area contributed by atoms with E-state index < -0.39 is 12.5 Å². The standard InChI is InChI=1S/C19H20F2N2O4/c1-26-16-11-14(7-8-15(16)27-19(20)21)18(25)23-12-17(24)22-10-9-13-5-3-2-4-6-13/h2-8,11,19H,9-10,12H2,1H3,(H,22,24)(H,23,25). The molecule has 0 atom stereocenters. The zero-order valence-corrected chi connectivity index (χ0v) is 14.7. The van der Waals surface area contributed by atoms with E-state index in [1.807, 2.05) is 30.3 Å². The molecule has 0 aromatic heterocycles. The second kappa shape index (κ2) is 10.1. The summed E-state index contributed by atoms with van der Waals surface area (Å²) >= 11 is 0. The number of methoxy groups -OCH3 is 1. The molecule has 144 valence electrons. The first-order valence-corrected chi connectivity index (χ1v) is 8.21. The highest BCUT2D eigenvalue weighted by Gasteiger charge is 2.14. The predicted octanol–water partition coefficient (Wildman–Crippen LogP) is 2.39. The van der Waals surface area contributed by atoms with Crippen LogP contribution in [0.2, 0.25) is 0 Å². The monoisotopic (exact) mass is 378 g/mol. The Morgan fingerprint density at radius 2 is 1.78 bits per heavy atom. The molecule has 0 saturated heterocycles. The van der Waals surface area contributed by atoms with Crippen molar-refractivity contribution in [1.82, 2.24) is 10.6 Å². The second-order valence-corrected chi connectivity index (χ2v) is 5.51. The third kappa shape index (κ3) is 6.58. The van der Waals surface area contributed by atoms with Crippen molar-refractivity contribution in [3.63, 3.8) is 0 Å². The molecule has 0 bridgehead atoms. The highest BCUT2D eigenvalue weighted by atomic mass is 19.3. The summed E-state index contributed by atoms with van der Waals surface area (Å²) in [5.41, 5.74) is 1.26. The van der Waals surface area contributed by atoms with E-state index >= 15 is 0 Å². The lowest BCUT2D eigenvalue weighted by Gasteiger charge is -2.11. The number of rotatable bonds is 9. The molecule has 2 aromatic carbocycles. The topological polar surface area (TPSA) is 76.7 Å². The molecule has 0 unspecified atom stereocenters. The zero-order chi connectivity index (χ0) is 19.6. The van der Waals surface area contributed by atoms with Crippen LogP contribution in [0.25, 0.3) is 0 Å². The van der Waals surface area contributed by atoms with Gasteiger partial charge in [0.25, 0.3) is 5.91 Å². The summed E-state index contributed by atoms with van der Waals surface area (Å²) in [7, 11) is 1.27. The van der Waals surface area contributed by atoms with Gasteiger partial charge in [-0.1, -0.05) is 30.3 Å². The number of ether oxygens (including phenoxy) is 2. The molecule has 0 saturated carbocycles. The third-order valence-corrected chi connectivity index (χ3v) is 3.63. The third-order valence-electron chi connectivity index (χ3n) is 3.63. The van der Waals surface area contributed by atoms with Crippen LogP contribution in [0.15, 0.2) is 48.5 Å². The first kappa shape index (κ1) is 20.2. The van der Waals surface area contributed by atoms with Crippen LogP contribution in [-0.4, -0.2) is 38.6 Å². The summed E-state index contributed by atoms with van der Waals surface area (Å²) < 4.78 is 33.9. The van der Waals surface area contributed by atoms with Gasteiger partial charge in [-0.25, -0.2) is 0 Å². The molecular formula is C19H20F2N2O4. The molecule has 2 amide bonds. The molecule has 0 aliphatic rings. The summed E-state index contributed by atoms with van der Waals surface area (Å²) in [6, 6.07) is 13.5. The minimum Gasteiger partial charge on any atom is -0.493 e. The van der Waals surface area contributed by atoms with Gasteiger partial charge in [-0.05, 0) is 30.2 Å². The van der Waals surface area contributed by atoms with Crippen LogP contribution in [0.1, 0.15) is 15.9 Å². The van der Waals surface area contributed by atoms with Crippen molar-refractivity contribution in [2.45, 2.75) is 13.0 Å². The fraction of sp³-hybridized carbons (Fsp3) is 0.263.